The van der Waals surface area contributed by atoms with E-state index in [1.54, 1.807) is 29.2 Å². The molecule has 0 radical (unpaired) electrons. The number of nitrogens with one attached hydrogen (secondary N) is 1. The van der Waals surface area contributed by atoms with Crippen LogP contribution in [0.1, 0.15) is 34.9 Å². The van der Waals surface area contributed by atoms with Crippen molar-refractivity contribution in [2.75, 3.05) is 19.6 Å². The molecule has 142 valence electrons. The third-order valence-corrected chi connectivity index (χ3v) is 5.20. The number of aliphatic hydroxyl groups excluding tert-OH is 1. The van der Waals surface area contributed by atoms with Crippen LogP contribution in [0, 0.1) is 5.92 Å². The Balaban J connectivity index is 1.46. The van der Waals surface area contributed by atoms with Crippen molar-refractivity contribution in [1.29, 1.82) is 0 Å². The minimum atomic E-state index is -0.508. The van der Waals surface area contributed by atoms with Crippen molar-refractivity contribution in [2.45, 2.75) is 18.9 Å². The molecule has 1 atom stereocenters. The normalized spacial score (nSPS) is 16.0. The predicted octanol–water partition coefficient (Wildman–Crippen LogP) is 3.04. The zero-order chi connectivity index (χ0) is 19.2. The third-order valence-electron chi connectivity index (χ3n) is 4.97. The van der Waals surface area contributed by atoms with Crippen molar-refractivity contribution < 1.29 is 14.7 Å². The van der Waals surface area contributed by atoms with Gasteiger partial charge in [-0.15, -0.1) is 0 Å². The Hall–Kier alpha value is -2.37. The number of halogens is 1. The first kappa shape index (κ1) is 19.4. The summed E-state index contributed by atoms with van der Waals surface area (Å²) in [5.41, 5.74) is 1.34. The van der Waals surface area contributed by atoms with E-state index in [4.69, 9.17) is 11.6 Å². The predicted molar refractivity (Wildman–Crippen MR) is 104 cm³/mol. The van der Waals surface area contributed by atoms with Crippen LogP contribution in [0.5, 0.6) is 0 Å². The molecular weight excluding hydrogens is 364 g/mol. The Morgan fingerprint density at radius 1 is 1.11 bits per heavy atom. The van der Waals surface area contributed by atoms with Gasteiger partial charge in [0.25, 0.3) is 5.91 Å². The standard InChI is InChI=1S/C21H23ClN2O3/c22-18-8-4-7-17(13-18)21(27)23-14-19(25)24-11-9-16(10-12-24)20(26)15-5-2-1-3-6-15/h1-8,13,16,20,26H,9-12,14H2,(H,23,27). The van der Waals surface area contributed by atoms with Gasteiger partial charge in [0.15, 0.2) is 0 Å². The van der Waals surface area contributed by atoms with E-state index < -0.39 is 6.10 Å². The van der Waals surface area contributed by atoms with Crippen LogP contribution in [0.25, 0.3) is 0 Å². The first-order chi connectivity index (χ1) is 13.0. The van der Waals surface area contributed by atoms with Gasteiger partial charge in [-0.3, -0.25) is 9.59 Å². The number of benzene rings is 2. The molecule has 1 fully saturated rings. The molecule has 1 unspecified atom stereocenters. The molecule has 2 aromatic rings. The van der Waals surface area contributed by atoms with Crippen LogP contribution in [0.4, 0.5) is 0 Å². The quantitative estimate of drug-likeness (QED) is 0.829. The SMILES string of the molecule is O=C(NCC(=O)N1CCC(C(O)c2ccccc2)CC1)c1cccc(Cl)c1. The molecule has 2 N–H and O–H groups in total. The van der Waals surface area contributed by atoms with E-state index in [2.05, 4.69) is 5.32 Å². The molecule has 27 heavy (non-hydrogen) atoms. The van der Waals surface area contributed by atoms with Crippen LogP contribution in [-0.4, -0.2) is 41.5 Å². The molecule has 0 bridgehead atoms. The van der Waals surface area contributed by atoms with Crippen LogP contribution < -0.4 is 5.32 Å². The topological polar surface area (TPSA) is 69.6 Å². The summed E-state index contributed by atoms with van der Waals surface area (Å²) in [4.78, 5) is 26.2. The van der Waals surface area contributed by atoms with Crippen LogP contribution in [0.2, 0.25) is 5.02 Å². The van der Waals surface area contributed by atoms with E-state index in [9.17, 15) is 14.7 Å². The largest absolute Gasteiger partial charge is 0.388 e. The summed E-state index contributed by atoms with van der Waals surface area (Å²) in [5.74, 6) is -0.296. The number of carbonyl (C=O) groups is 2. The maximum absolute atomic E-state index is 12.4. The highest BCUT2D eigenvalue weighted by atomic mass is 35.5. The van der Waals surface area contributed by atoms with E-state index in [1.165, 1.54) is 0 Å². The zero-order valence-electron chi connectivity index (χ0n) is 15.0. The second-order valence-electron chi connectivity index (χ2n) is 6.77. The van der Waals surface area contributed by atoms with E-state index in [0.717, 1.165) is 18.4 Å². The Kier molecular flexibility index (Phi) is 6.48. The molecule has 1 saturated heterocycles. The molecule has 0 aliphatic carbocycles. The molecule has 2 aromatic carbocycles. The molecular formula is C21H23ClN2O3. The fourth-order valence-corrected chi connectivity index (χ4v) is 3.58. The van der Waals surface area contributed by atoms with Gasteiger partial charge in [-0.1, -0.05) is 48.0 Å². The van der Waals surface area contributed by atoms with Gasteiger partial charge < -0.3 is 15.3 Å². The summed E-state index contributed by atoms with van der Waals surface area (Å²) in [5, 5.41) is 13.6. The van der Waals surface area contributed by atoms with Gasteiger partial charge in [-0.2, -0.15) is 0 Å². The third kappa shape index (κ3) is 5.08. The van der Waals surface area contributed by atoms with Gasteiger partial charge in [-0.05, 0) is 42.5 Å². The van der Waals surface area contributed by atoms with Crippen LogP contribution in [0.3, 0.4) is 0 Å². The van der Waals surface area contributed by atoms with Gasteiger partial charge >= 0.3 is 0 Å². The Labute approximate surface area is 163 Å². The maximum atomic E-state index is 12.4. The molecule has 0 aromatic heterocycles. The van der Waals surface area contributed by atoms with E-state index in [1.807, 2.05) is 30.3 Å². The Morgan fingerprint density at radius 3 is 2.48 bits per heavy atom. The summed E-state index contributed by atoms with van der Waals surface area (Å²) in [6.07, 6.45) is 0.972. The maximum Gasteiger partial charge on any atom is 0.251 e. The molecule has 1 heterocycles. The highest BCUT2D eigenvalue weighted by Gasteiger charge is 2.28. The monoisotopic (exact) mass is 386 g/mol. The van der Waals surface area contributed by atoms with Gasteiger partial charge in [0.05, 0.1) is 12.6 Å². The molecule has 5 nitrogen and oxygen atoms in total. The summed E-state index contributed by atoms with van der Waals surface area (Å²) < 4.78 is 0. The highest BCUT2D eigenvalue weighted by Crippen LogP contribution is 2.30. The Bertz CT molecular complexity index is 789. The molecule has 0 spiro atoms. The highest BCUT2D eigenvalue weighted by molar-refractivity contribution is 6.30. The average molecular weight is 387 g/mol. The smallest absolute Gasteiger partial charge is 0.251 e. The first-order valence-corrected chi connectivity index (χ1v) is 9.47. The van der Waals surface area contributed by atoms with Crippen LogP contribution in [0.15, 0.2) is 54.6 Å². The molecule has 3 rings (SSSR count). The van der Waals surface area contributed by atoms with E-state index in [0.29, 0.717) is 23.7 Å². The van der Waals surface area contributed by atoms with E-state index in [-0.39, 0.29) is 24.3 Å². The fraction of sp³-hybridized carbons (Fsp3) is 0.333. The molecule has 1 aliphatic rings. The minimum Gasteiger partial charge on any atom is -0.388 e. The van der Waals surface area contributed by atoms with Crippen molar-refractivity contribution >= 4 is 23.4 Å². The average Bonchev–Trinajstić information content (AvgIpc) is 2.72. The lowest BCUT2D eigenvalue weighted by molar-refractivity contribution is -0.132. The van der Waals surface area contributed by atoms with Crippen LogP contribution >= 0.6 is 11.6 Å². The second-order valence-corrected chi connectivity index (χ2v) is 7.20. The van der Waals surface area contributed by atoms with E-state index >= 15 is 0 Å². The molecule has 6 heteroatoms. The number of amides is 2. The van der Waals surface area contributed by atoms with Crippen molar-refractivity contribution in [3.8, 4) is 0 Å². The zero-order valence-corrected chi connectivity index (χ0v) is 15.7. The summed E-state index contributed by atoms with van der Waals surface area (Å²) >= 11 is 5.88. The Morgan fingerprint density at radius 2 is 1.81 bits per heavy atom. The van der Waals surface area contributed by atoms with Gasteiger partial charge in [0, 0.05) is 23.7 Å². The number of hydrogen-bond acceptors (Lipinski definition) is 3. The summed E-state index contributed by atoms with van der Waals surface area (Å²) in [7, 11) is 0. The lowest BCUT2D eigenvalue weighted by Gasteiger charge is -2.34. The van der Waals surface area contributed by atoms with Gasteiger partial charge in [-0.25, -0.2) is 0 Å². The van der Waals surface area contributed by atoms with Crippen molar-refractivity contribution in [2.24, 2.45) is 5.92 Å². The summed E-state index contributed by atoms with van der Waals surface area (Å²) in [6.45, 7) is 1.12. The molecule has 1 aliphatic heterocycles. The lowest BCUT2D eigenvalue weighted by Crippen LogP contribution is -2.44. The van der Waals surface area contributed by atoms with Gasteiger partial charge in [0.1, 0.15) is 0 Å². The number of piperidine rings is 1. The number of likely N-dealkylation sites (tertiary alicyclic amines) is 1. The lowest BCUT2D eigenvalue weighted by atomic mass is 9.87. The number of aliphatic hydroxyl groups is 1. The van der Waals surface area contributed by atoms with Crippen molar-refractivity contribution in [1.82, 2.24) is 10.2 Å². The minimum absolute atomic E-state index is 0.0444. The molecule has 2 amide bonds. The number of rotatable bonds is 5. The van der Waals surface area contributed by atoms with Crippen molar-refractivity contribution in [3.63, 3.8) is 0 Å². The van der Waals surface area contributed by atoms with Crippen LogP contribution in [-0.2, 0) is 4.79 Å². The number of hydrogen-bond donors (Lipinski definition) is 2. The summed E-state index contributed by atoms with van der Waals surface area (Å²) in [6, 6.07) is 16.2. The fourth-order valence-electron chi connectivity index (χ4n) is 3.39. The van der Waals surface area contributed by atoms with Crippen molar-refractivity contribution in [3.05, 3.63) is 70.7 Å². The second kappa shape index (κ2) is 9.02. The molecule has 0 saturated carbocycles. The van der Waals surface area contributed by atoms with Gasteiger partial charge in [0.2, 0.25) is 5.91 Å². The number of carbonyl (C=O) groups excluding carboxylic acids is 2. The number of nitrogens with zero attached hydrogens (tertiary/aromatic N) is 1. The first-order valence-electron chi connectivity index (χ1n) is 9.09.